The first-order valence-corrected chi connectivity index (χ1v) is 9.05. The van der Waals surface area contributed by atoms with Crippen molar-refractivity contribution in [3.8, 4) is 5.75 Å². The molecule has 9 nitrogen and oxygen atoms in total. The maximum absolute atomic E-state index is 9.35. The van der Waals surface area contributed by atoms with E-state index in [4.69, 9.17) is 10.5 Å². The Kier molecular flexibility index (Phi) is 5.21. The van der Waals surface area contributed by atoms with E-state index in [0.29, 0.717) is 30.3 Å². The summed E-state index contributed by atoms with van der Waals surface area (Å²) >= 11 is 0. The van der Waals surface area contributed by atoms with Crippen molar-refractivity contribution in [2.24, 2.45) is 0 Å². The number of imidazole rings is 1. The Bertz CT molecular complexity index is 1130. The topological polar surface area (TPSA) is 124 Å². The molecule has 29 heavy (non-hydrogen) atoms. The molecule has 0 saturated heterocycles. The molecule has 0 fully saturated rings. The number of ether oxygens (including phenoxy) is 1. The summed E-state index contributed by atoms with van der Waals surface area (Å²) in [6.45, 7) is 1.000. The zero-order chi connectivity index (χ0) is 20.2. The molecule has 9 heteroatoms. The van der Waals surface area contributed by atoms with Gasteiger partial charge in [0, 0.05) is 24.5 Å². The first-order chi connectivity index (χ1) is 14.2. The molecular weight excluding hydrogens is 370 g/mol. The summed E-state index contributed by atoms with van der Waals surface area (Å²) in [6.07, 6.45) is 5.22. The van der Waals surface area contributed by atoms with Gasteiger partial charge in [0.25, 0.3) is 0 Å². The molecule has 3 heterocycles. The Labute approximate surface area is 167 Å². The standard InChI is InChI=1S/C20H21N7O2/c1-29-16-7-13(11-28)4-5-15(16)10-27-12-24-19-17(27)18(25-20(21)26-19)23-9-14-3-2-6-22-8-14/h2-8,12,28H,9-11H2,1H3,(H3,21,23,25,26). The Morgan fingerprint density at radius 1 is 1.21 bits per heavy atom. The molecule has 0 atom stereocenters. The minimum atomic E-state index is -0.0415. The van der Waals surface area contributed by atoms with Crippen molar-refractivity contribution in [1.82, 2.24) is 24.5 Å². The highest BCUT2D eigenvalue weighted by Crippen LogP contribution is 2.26. The van der Waals surface area contributed by atoms with Crippen LogP contribution in [0.15, 0.2) is 49.1 Å². The van der Waals surface area contributed by atoms with Crippen LogP contribution in [0.3, 0.4) is 0 Å². The number of nitrogens with one attached hydrogen (secondary N) is 1. The lowest BCUT2D eigenvalue weighted by Crippen LogP contribution is -2.08. The van der Waals surface area contributed by atoms with Crippen molar-refractivity contribution >= 4 is 22.9 Å². The highest BCUT2D eigenvalue weighted by molar-refractivity contribution is 5.84. The second-order valence-corrected chi connectivity index (χ2v) is 6.49. The third-order valence-corrected chi connectivity index (χ3v) is 4.55. The van der Waals surface area contributed by atoms with E-state index in [1.807, 2.05) is 34.9 Å². The lowest BCUT2D eigenvalue weighted by molar-refractivity contribution is 0.281. The highest BCUT2D eigenvalue weighted by Gasteiger charge is 2.15. The summed E-state index contributed by atoms with van der Waals surface area (Å²) in [5.74, 6) is 1.45. The van der Waals surface area contributed by atoms with E-state index < -0.39 is 0 Å². The summed E-state index contributed by atoms with van der Waals surface area (Å²) in [5, 5.41) is 12.7. The first kappa shape index (κ1) is 18.6. The van der Waals surface area contributed by atoms with E-state index in [-0.39, 0.29) is 12.6 Å². The van der Waals surface area contributed by atoms with Crippen molar-refractivity contribution in [3.05, 3.63) is 65.7 Å². The number of nitrogens with two attached hydrogens (primary N) is 1. The molecular formula is C20H21N7O2. The average Bonchev–Trinajstić information content (AvgIpc) is 3.15. The molecule has 0 aliphatic heterocycles. The highest BCUT2D eigenvalue weighted by atomic mass is 16.5. The number of hydrogen-bond donors (Lipinski definition) is 3. The number of benzene rings is 1. The van der Waals surface area contributed by atoms with Crippen LogP contribution >= 0.6 is 0 Å². The maximum atomic E-state index is 9.35. The molecule has 3 aromatic heterocycles. The van der Waals surface area contributed by atoms with Crippen LogP contribution in [0.5, 0.6) is 5.75 Å². The minimum absolute atomic E-state index is 0.0415. The van der Waals surface area contributed by atoms with Crippen LogP contribution < -0.4 is 15.8 Å². The smallest absolute Gasteiger partial charge is 0.224 e. The molecule has 148 valence electrons. The monoisotopic (exact) mass is 391 g/mol. The van der Waals surface area contributed by atoms with Gasteiger partial charge in [-0.3, -0.25) is 4.98 Å². The van der Waals surface area contributed by atoms with Crippen molar-refractivity contribution in [1.29, 1.82) is 0 Å². The van der Waals surface area contributed by atoms with E-state index in [1.54, 1.807) is 25.8 Å². The van der Waals surface area contributed by atoms with Crippen LogP contribution in [0.4, 0.5) is 11.8 Å². The molecule has 4 aromatic rings. The Morgan fingerprint density at radius 3 is 2.86 bits per heavy atom. The number of nitrogen functional groups attached to an aromatic ring is 1. The number of aliphatic hydroxyl groups excluding tert-OH is 1. The average molecular weight is 391 g/mol. The predicted molar refractivity (Wildman–Crippen MR) is 109 cm³/mol. The van der Waals surface area contributed by atoms with Crippen LogP contribution in [-0.2, 0) is 19.7 Å². The van der Waals surface area contributed by atoms with Gasteiger partial charge in [0.15, 0.2) is 11.5 Å². The van der Waals surface area contributed by atoms with Gasteiger partial charge in [0.2, 0.25) is 5.95 Å². The number of pyridine rings is 1. The van der Waals surface area contributed by atoms with Crippen molar-refractivity contribution < 1.29 is 9.84 Å². The van der Waals surface area contributed by atoms with E-state index in [9.17, 15) is 5.11 Å². The van der Waals surface area contributed by atoms with Gasteiger partial charge in [0.1, 0.15) is 11.3 Å². The number of anilines is 2. The van der Waals surface area contributed by atoms with Gasteiger partial charge < -0.3 is 25.5 Å². The van der Waals surface area contributed by atoms with Gasteiger partial charge in [0.05, 0.1) is 26.6 Å². The third kappa shape index (κ3) is 3.94. The van der Waals surface area contributed by atoms with Gasteiger partial charge in [-0.15, -0.1) is 0 Å². The quantitative estimate of drug-likeness (QED) is 0.437. The molecule has 0 radical (unpaired) electrons. The number of aliphatic hydroxyl groups is 1. The van der Waals surface area contributed by atoms with Crippen molar-refractivity contribution in [2.45, 2.75) is 19.7 Å². The molecule has 0 aliphatic carbocycles. The molecule has 0 saturated carbocycles. The Hall–Kier alpha value is -3.72. The number of aromatic nitrogens is 5. The molecule has 4 rings (SSSR count). The first-order valence-electron chi connectivity index (χ1n) is 9.05. The zero-order valence-electron chi connectivity index (χ0n) is 15.9. The van der Waals surface area contributed by atoms with Gasteiger partial charge in [-0.1, -0.05) is 18.2 Å². The third-order valence-electron chi connectivity index (χ3n) is 4.55. The Morgan fingerprint density at radius 2 is 2.10 bits per heavy atom. The molecule has 1 aromatic carbocycles. The molecule has 0 spiro atoms. The van der Waals surface area contributed by atoms with Crippen LogP contribution in [0.1, 0.15) is 16.7 Å². The van der Waals surface area contributed by atoms with Gasteiger partial charge >= 0.3 is 0 Å². The van der Waals surface area contributed by atoms with Crippen LogP contribution in [0.2, 0.25) is 0 Å². The maximum Gasteiger partial charge on any atom is 0.224 e. The van der Waals surface area contributed by atoms with E-state index >= 15 is 0 Å². The van der Waals surface area contributed by atoms with E-state index in [2.05, 4.69) is 25.3 Å². The van der Waals surface area contributed by atoms with Crippen molar-refractivity contribution in [2.75, 3.05) is 18.2 Å². The number of nitrogens with zero attached hydrogens (tertiary/aromatic N) is 5. The summed E-state index contributed by atoms with van der Waals surface area (Å²) < 4.78 is 7.43. The van der Waals surface area contributed by atoms with Crippen LogP contribution in [-0.4, -0.2) is 36.7 Å². The summed E-state index contributed by atoms with van der Waals surface area (Å²) in [7, 11) is 1.61. The SMILES string of the molecule is COc1cc(CO)ccc1Cn1cnc2nc(N)nc(NCc3cccnc3)c21. The second kappa shape index (κ2) is 8.11. The number of hydrogen-bond acceptors (Lipinski definition) is 8. The lowest BCUT2D eigenvalue weighted by Gasteiger charge is -2.13. The summed E-state index contributed by atoms with van der Waals surface area (Å²) in [4.78, 5) is 17.1. The zero-order valence-corrected chi connectivity index (χ0v) is 15.9. The van der Waals surface area contributed by atoms with Gasteiger partial charge in [-0.2, -0.15) is 9.97 Å². The number of methoxy groups -OCH3 is 1. The largest absolute Gasteiger partial charge is 0.496 e. The molecule has 0 bridgehead atoms. The van der Waals surface area contributed by atoms with Gasteiger partial charge in [-0.25, -0.2) is 4.98 Å². The van der Waals surface area contributed by atoms with Crippen molar-refractivity contribution in [3.63, 3.8) is 0 Å². The second-order valence-electron chi connectivity index (χ2n) is 6.49. The minimum Gasteiger partial charge on any atom is -0.496 e. The fraction of sp³-hybridized carbons (Fsp3) is 0.200. The normalized spacial score (nSPS) is 11.0. The van der Waals surface area contributed by atoms with Gasteiger partial charge in [-0.05, 0) is 23.3 Å². The predicted octanol–water partition coefficient (Wildman–Crippen LogP) is 1.96. The fourth-order valence-electron chi connectivity index (χ4n) is 3.13. The molecule has 0 aliphatic rings. The van der Waals surface area contributed by atoms with E-state index in [1.165, 1.54) is 0 Å². The molecule has 0 unspecified atom stereocenters. The fourth-order valence-corrected chi connectivity index (χ4v) is 3.13. The Balaban J connectivity index is 1.69. The lowest BCUT2D eigenvalue weighted by atomic mass is 10.1. The molecule has 0 amide bonds. The number of rotatable bonds is 7. The summed E-state index contributed by atoms with van der Waals surface area (Å²) in [6, 6.07) is 9.48. The van der Waals surface area contributed by atoms with E-state index in [0.717, 1.165) is 22.2 Å². The van der Waals surface area contributed by atoms with Crippen LogP contribution in [0.25, 0.3) is 11.2 Å². The van der Waals surface area contributed by atoms with Crippen LogP contribution in [0, 0.1) is 0 Å². The summed E-state index contributed by atoms with van der Waals surface area (Å²) in [5.41, 5.74) is 9.87. The number of fused-ring (bicyclic) bond motifs is 1. The molecule has 4 N–H and O–H groups in total.